The van der Waals surface area contributed by atoms with Crippen molar-refractivity contribution in [3.63, 3.8) is 0 Å². The smallest absolute Gasteiger partial charge is 0.238 e. The van der Waals surface area contributed by atoms with Gasteiger partial charge in [-0.2, -0.15) is 0 Å². The highest BCUT2D eigenvalue weighted by molar-refractivity contribution is 9.10. The third-order valence-electron chi connectivity index (χ3n) is 2.30. The lowest BCUT2D eigenvalue weighted by Gasteiger charge is -2.08. The third kappa shape index (κ3) is 5.27. The van der Waals surface area contributed by atoms with E-state index < -0.39 is 10.0 Å². The van der Waals surface area contributed by atoms with Crippen LogP contribution >= 0.6 is 15.9 Å². The maximum Gasteiger partial charge on any atom is 0.238 e. The summed E-state index contributed by atoms with van der Waals surface area (Å²) in [5.41, 5.74) is 0.495. The Bertz CT molecular complexity index is 560. The summed E-state index contributed by atoms with van der Waals surface area (Å²) in [6.07, 6.45) is 0.951. The molecule has 6 nitrogen and oxygen atoms in total. The zero-order chi connectivity index (χ0) is 14.5. The first-order valence-corrected chi connectivity index (χ1v) is 7.79. The van der Waals surface area contributed by atoms with Gasteiger partial charge in [0, 0.05) is 24.6 Å². The SMILES string of the molecule is COCCCC(=O)Nc1ccc(S(N)(=O)=O)cc1Br. The van der Waals surface area contributed by atoms with Gasteiger partial charge in [0.2, 0.25) is 15.9 Å². The Balaban J connectivity index is 2.73. The molecule has 0 aliphatic rings. The summed E-state index contributed by atoms with van der Waals surface area (Å²) in [7, 11) is -2.18. The molecule has 0 atom stereocenters. The second-order valence-electron chi connectivity index (χ2n) is 3.83. The number of ether oxygens (including phenoxy) is 1. The van der Waals surface area contributed by atoms with Crippen LogP contribution in [0.4, 0.5) is 5.69 Å². The van der Waals surface area contributed by atoms with E-state index in [4.69, 9.17) is 9.88 Å². The molecule has 0 radical (unpaired) electrons. The van der Waals surface area contributed by atoms with Crippen molar-refractivity contribution in [3.05, 3.63) is 22.7 Å². The van der Waals surface area contributed by atoms with Crippen molar-refractivity contribution in [2.75, 3.05) is 19.0 Å². The molecule has 0 bridgehead atoms. The topological polar surface area (TPSA) is 98.5 Å². The first-order valence-electron chi connectivity index (χ1n) is 5.45. The third-order valence-corrected chi connectivity index (χ3v) is 3.86. The number of halogens is 1. The van der Waals surface area contributed by atoms with E-state index in [0.29, 0.717) is 29.6 Å². The lowest BCUT2D eigenvalue weighted by molar-refractivity contribution is -0.116. The summed E-state index contributed by atoms with van der Waals surface area (Å²) in [5, 5.41) is 7.68. The minimum atomic E-state index is -3.75. The molecule has 0 aromatic heterocycles. The van der Waals surface area contributed by atoms with Crippen molar-refractivity contribution in [1.29, 1.82) is 0 Å². The Kier molecular flexibility index (Phi) is 5.92. The average molecular weight is 351 g/mol. The van der Waals surface area contributed by atoms with Gasteiger partial charge in [0.25, 0.3) is 0 Å². The van der Waals surface area contributed by atoms with Crippen LogP contribution in [0.3, 0.4) is 0 Å². The summed E-state index contributed by atoms with van der Waals surface area (Å²) in [4.78, 5) is 11.6. The maximum atomic E-state index is 11.6. The van der Waals surface area contributed by atoms with Crippen molar-refractivity contribution in [1.82, 2.24) is 0 Å². The second-order valence-corrected chi connectivity index (χ2v) is 6.25. The van der Waals surface area contributed by atoms with Gasteiger partial charge in [-0.3, -0.25) is 4.79 Å². The van der Waals surface area contributed by atoms with Crippen molar-refractivity contribution in [2.45, 2.75) is 17.7 Å². The average Bonchev–Trinajstić information content (AvgIpc) is 2.31. The first-order chi connectivity index (χ1) is 8.84. The number of rotatable bonds is 6. The highest BCUT2D eigenvalue weighted by atomic mass is 79.9. The normalized spacial score (nSPS) is 11.3. The second kappa shape index (κ2) is 6.99. The van der Waals surface area contributed by atoms with Crippen LogP contribution in [0.5, 0.6) is 0 Å². The molecule has 1 rings (SSSR count). The van der Waals surface area contributed by atoms with Crippen LogP contribution in [0.25, 0.3) is 0 Å². The van der Waals surface area contributed by atoms with Crippen LogP contribution < -0.4 is 10.5 Å². The Labute approximate surface area is 120 Å². The van der Waals surface area contributed by atoms with E-state index in [9.17, 15) is 13.2 Å². The van der Waals surface area contributed by atoms with Crippen molar-refractivity contribution >= 4 is 37.5 Å². The maximum absolute atomic E-state index is 11.6. The van der Waals surface area contributed by atoms with Crippen molar-refractivity contribution in [3.8, 4) is 0 Å². The number of sulfonamides is 1. The predicted molar refractivity (Wildman–Crippen MR) is 75.3 cm³/mol. The quantitative estimate of drug-likeness (QED) is 0.758. The predicted octanol–water partition coefficient (Wildman–Crippen LogP) is 1.46. The molecular formula is C11H15BrN2O4S. The Hall–Kier alpha value is -0.960. The molecule has 0 saturated carbocycles. The standard InChI is InChI=1S/C11H15BrN2O4S/c1-18-6-2-3-11(15)14-10-5-4-8(7-9(10)12)19(13,16)17/h4-5,7H,2-3,6H2,1H3,(H,14,15)(H2,13,16,17). The van der Waals surface area contributed by atoms with Gasteiger partial charge in [0.05, 0.1) is 10.6 Å². The molecule has 1 amide bonds. The number of carbonyl (C=O) groups excluding carboxylic acids is 1. The van der Waals surface area contributed by atoms with Gasteiger partial charge in [-0.25, -0.2) is 13.6 Å². The summed E-state index contributed by atoms with van der Waals surface area (Å²) < 4.78 is 27.6. The molecule has 0 heterocycles. The minimum absolute atomic E-state index is 0.0169. The van der Waals surface area contributed by atoms with Gasteiger partial charge in [0.15, 0.2) is 0 Å². The van der Waals surface area contributed by atoms with Crippen LogP contribution in [0.2, 0.25) is 0 Å². The fourth-order valence-corrected chi connectivity index (χ4v) is 2.53. The van der Waals surface area contributed by atoms with E-state index in [2.05, 4.69) is 21.2 Å². The van der Waals surface area contributed by atoms with Gasteiger partial charge in [-0.15, -0.1) is 0 Å². The molecule has 0 fully saturated rings. The van der Waals surface area contributed by atoms with Crippen molar-refractivity contribution in [2.24, 2.45) is 5.14 Å². The van der Waals surface area contributed by atoms with Crippen LogP contribution in [-0.2, 0) is 19.6 Å². The molecule has 0 unspecified atom stereocenters. The number of nitrogens with two attached hydrogens (primary N) is 1. The number of primary sulfonamides is 1. The van der Waals surface area contributed by atoms with Crippen LogP contribution in [0.1, 0.15) is 12.8 Å². The molecule has 3 N–H and O–H groups in total. The highest BCUT2D eigenvalue weighted by Crippen LogP contribution is 2.25. The van der Waals surface area contributed by atoms with Crippen molar-refractivity contribution < 1.29 is 17.9 Å². The van der Waals surface area contributed by atoms with E-state index in [1.54, 1.807) is 7.11 Å². The largest absolute Gasteiger partial charge is 0.385 e. The van der Waals surface area contributed by atoms with Crippen LogP contribution in [0.15, 0.2) is 27.6 Å². The number of benzene rings is 1. The number of anilines is 1. The fraction of sp³-hybridized carbons (Fsp3) is 0.364. The zero-order valence-electron chi connectivity index (χ0n) is 10.3. The molecule has 1 aromatic carbocycles. The van der Waals surface area contributed by atoms with Gasteiger partial charge in [-0.1, -0.05) is 0 Å². The lowest BCUT2D eigenvalue weighted by atomic mass is 10.2. The summed E-state index contributed by atoms with van der Waals surface area (Å²) in [6, 6.07) is 4.17. The first kappa shape index (κ1) is 16.1. The molecule has 0 aliphatic carbocycles. The number of carbonyl (C=O) groups is 1. The molecule has 8 heteroatoms. The van der Waals surface area contributed by atoms with E-state index in [0.717, 1.165) is 0 Å². The van der Waals surface area contributed by atoms with Crippen LogP contribution in [-0.4, -0.2) is 28.0 Å². The Morgan fingerprint density at radius 2 is 2.16 bits per heavy atom. The molecule has 106 valence electrons. The molecule has 1 aromatic rings. The molecule has 0 aliphatic heterocycles. The number of amides is 1. The molecule has 19 heavy (non-hydrogen) atoms. The van der Waals surface area contributed by atoms with E-state index in [1.165, 1.54) is 18.2 Å². The monoisotopic (exact) mass is 350 g/mol. The summed E-state index contributed by atoms with van der Waals surface area (Å²) in [6.45, 7) is 0.513. The van der Waals surface area contributed by atoms with Gasteiger partial charge < -0.3 is 10.1 Å². The Morgan fingerprint density at radius 3 is 2.68 bits per heavy atom. The summed E-state index contributed by atoms with van der Waals surface area (Å²) >= 11 is 3.19. The number of hydrogen-bond donors (Lipinski definition) is 2. The summed E-state index contributed by atoms with van der Waals surface area (Å²) in [5.74, 6) is -0.166. The lowest BCUT2D eigenvalue weighted by Crippen LogP contribution is -2.14. The van der Waals surface area contributed by atoms with Crippen LogP contribution in [0, 0.1) is 0 Å². The van der Waals surface area contributed by atoms with E-state index >= 15 is 0 Å². The number of methoxy groups -OCH3 is 1. The zero-order valence-corrected chi connectivity index (χ0v) is 12.8. The molecule has 0 spiro atoms. The number of hydrogen-bond acceptors (Lipinski definition) is 4. The van der Waals surface area contributed by atoms with Gasteiger partial charge in [0.1, 0.15) is 0 Å². The fourth-order valence-electron chi connectivity index (χ4n) is 1.36. The van der Waals surface area contributed by atoms with E-state index in [1.807, 2.05) is 0 Å². The van der Waals surface area contributed by atoms with E-state index in [-0.39, 0.29) is 10.8 Å². The number of nitrogens with one attached hydrogen (secondary N) is 1. The highest BCUT2D eigenvalue weighted by Gasteiger charge is 2.11. The van der Waals surface area contributed by atoms with Gasteiger partial charge >= 0.3 is 0 Å². The molecular weight excluding hydrogens is 336 g/mol. The molecule has 0 saturated heterocycles. The van der Waals surface area contributed by atoms with Gasteiger partial charge in [-0.05, 0) is 40.5 Å². The Morgan fingerprint density at radius 1 is 1.47 bits per heavy atom. The minimum Gasteiger partial charge on any atom is -0.385 e.